The first-order valence-corrected chi connectivity index (χ1v) is 8.50. The summed E-state index contributed by atoms with van der Waals surface area (Å²) in [6, 6.07) is 9.44. The van der Waals surface area contributed by atoms with Gasteiger partial charge in [-0.2, -0.15) is 13.2 Å². The van der Waals surface area contributed by atoms with Crippen LogP contribution in [0.3, 0.4) is 0 Å². The highest BCUT2D eigenvalue weighted by Crippen LogP contribution is 2.38. The molecule has 1 heterocycles. The van der Waals surface area contributed by atoms with Crippen LogP contribution in [0.5, 0.6) is 0 Å². The molecule has 3 rings (SSSR count). The highest BCUT2D eigenvalue weighted by Gasteiger charge is 2.34. The van der Waals surface area contributed by atoms with Crippen LogP contribution in [0.1, 0.15) is 11.1 Å². The van der Waals surface area contributed by atoms with Crippen molar-refractivity contribution in [3.05, 3.63) is 47.5 Å². The molecule has 2 aromatic carbocycles. The zero-order chi connectivity index (χ0) is 18.7. The summed E-state index contributed by atoms with van der Waals surface area (Å²) >= 11 is 0. The maximum absolute atomic E-state index is 13.3. The smallest absolute Gasteiger partial charge is 0.399 e. The summed E-state index contributed by atoms with van der Waals surface area (Å²) in [4.78, 5) is 2.24. The first-order valence-electron chi connectivity index (χ1n) is 8.50. The van der Waals surface area contributed by atoms with Gasteiger partial charge in [0, 0.05) is 31.0 Å². The summed E-state index contributed by atoms with van der Waals surface area (Å²) in [6.45, 7) is 3.76. The molecular formula is C19H22F3N3O. The highest BCUT2D eigenvalue weighted by molar-refractivity contribution is 5.73. The maximum atomic E-state index is 13.3. The van der Waals surface area contributed by atoms with Gasteiger partial charge in [0.05, 0.1) is 18.8 Å². The number of hydrogen-bond donors (Lipinski definition) is 2. The molecule has 1 fully saturated rings. The number of hydrogen-bond acceptors (Lipinski definition) is 4. The van der Waals surface area contributed by atoms with Crippen molar-refractivity contribution in [3.63, 3.8) is 0 Å². The van der Waals surface area contributed by atoms with Crippen molar-refractivity contribution >= 4 is 11.4 Å². The molecule has 0 atom stereocenters. The van der Waals surface area contributed by atoms with E-state index in [9.17, 15) is 13.2 Å². The van der Waals surface area contributed by atoms with Gasteiger partial charge in [0.2, 0.25) is 0 Å². The van der Waals surface area contributed by atoms with Crippen molar-refractivity contribution in [2.75, 3.05) is 44.3 Å². The second kappa shape index (κ2) is 7.55. The Kier molecular flexibility index (Phi) is 5.38. The normalized spacial score (nSPS) is 16.0. The zero-order valence-electron chi connectivity index (χ0n) is 14.4. The quantitative estimate of drug-likeness (QED) is 0.815. The average molecular weight is 365 g/mol. The molecule has 0 aromatic heterocycles. The van der Waals surface area contributed by atoms with Gasteiger partial charge in [0.25, 0.3) is 0 Å². The van der Waals surface area contributed by atoms with Gasteiger partial charge in [-0.25, -0.2) is 0 Å². The van der Waals surface area contributed by atoms with E-state index in [4.69, 9.17) is 16.2 Å². The SMILES string of the molecule is Nc1ccc(-c2cc(C(F)(F)F)c(N)cc2CCN2CCOCC2)cc1. The third-order valence-corrected chi connectivity index (χ3v) is 4.60. The Balaban J connectivity index is 1.95. The number of benzene rings is 2. The maximum Gasteiger partial charge on any atom is 0.418 e. The summed E-state index contributed by atoms with van der Waals surface area (Å²) in [6.07, 6.45) is -3.88. The van der Waals surface area contributed by atoms with Gasteiger partial charge in [-0.3, -0.25) is 4.90 Å². The van der Waals surface area contributed by atoms with E-state index in [1.807, 2.05) is 0 Å². The minimum atomic E-state index is -4.49. The topological polar surface area (TPSA) is 64.5 Å². The molecule has 1 saturated heterocycles. The molecule has 4 N–H and O–H groups in total. The molecule has 4 nitrogen and oxygen atoms in total. The Labute approximate surface area is 150 Å². The molecule has 0 saturated carbocycles. The second-order valence-electron chi connectivity index (χ2n) is 6.42. The number of anilines is 2. The van der Waals surface area contributed by atoms with Crippen LogP contribution in [0.2, 0.25) is 0 Å². The van der Waals surface area contributed by atoms with E-state index in [2.05, 4.69) is 4.90 Å². The van der Waals surface area contributed by atoms with Gasteiger partial charge >= 0.3 is 6.18 Å². The van der Waals surface area contributed by atoms with E-state index < -0.39 is 11.7 Å². The molecule has 1 aliphatic rings. The number of nitrogens with zero attached hydrogens (tertiary/aromatic N) is 1. The number of morpholine rings is 1. The first kappa shape index (κ1) is 18.5. The Bertz CT molecular complexity index is 754. The van der Waals surface area contributed by atoms with Gasteiger partial charge < -0.3 is 16.2 Å². The average Bonchev–Trinajstić information content (AvgIpc) is 2.61. The van der Waals surface area contributed by atoms with E-state index in [0.717, 1.165) is 31.3 Å². The predicted octanol–water partition coefficient (Wildman–Crippen LogP) is 3.41. The summed E-state index contributed by atoms with van der Waals surface area (Å²) in [5.41, 5.74) is 13.0. The van der Waals surface area contributed by atoms with Crippen molar-refractivity contribution in [1.29, 1.82) is 0 Å². The highest BCUT2D eigenvalue weighted by atomic mass is 19.4. The van der Waals surface area contributed by atoms with E-state index in [-0.39, 0.29) is 5.69 Å². The van der Waals surface area contributed by atoms with E-state index in [1.165, 1.54) is 6.07 Å². The van der Waals surface area contributed by atoms with Crippen LogP contribution >= 0.6 is 0 Å². The van der Waals surface area contributed by atoms with E-state index in [0.29, 0.717) is 36.4 Å². The molecule has 0 aliphatic carbocycles. The fourth-order valence-electron chi connectivity index (χ4n) is 3.15. The molecule has 0 bridgehead atoms. The molecule has 26 heavy (non-hydrogen) atoms. The van der Waals surface area contributed by atoms with Crippen molar-refractivity contribution in [1.82, 2.24) is 4.90 Å². The molecule has 0 spiro atoms. The Morgan fingerprint density at radius 3 is 2.27 bits per heavy atom. The zero-order valence-corrected chi connectivity index (χ0v) is 14.4. The van der Waals surface area contributed by atoms with Crippen molar-refractivity contribution in [3.8, 4) is 11.1 Å². The summed E-state index contributed by atoms with van der Waals surface area (Å²) < 4.78 is 45.2. The lowest BCUT2D eigenvalue weighted by molar-refractivity contribution is -0.136. The van der Waals surface area contributed by atoms with Crippen LogP contribution in [0.15, 0.2) is 36.4 Å². The largest absolute Gasteiger partial charge is 0.418 e. The van der Waals surface area contributed by atoms with Crippen LogP contribution in [0.25, 0.3) is 11.1 Å². The molecule has 140 valence electrons. The summed E-state index contributed by atoms with van der Waals surface area (Å²) in [7, 11) is 0. The van der Waals surface area contributed by atoms with Gasteiger partial charge in [-0.15, -0.1) is 0 Å². The molecule has 2 aromatic rings. The Hall–Kier alpha value is -2.25. The minimum Gasteiger partial charge on any atom is -0.399 e. The molecule has 1 aliphatic heterocycles. The predicted molar refractivity (Wildman–Crippen MR) is 96.7 cm³/mol. The molecule has 0 radical (unpaired) electrons. The molecular weight excluding hydrogens is 343 g/mol. The lowest BCUT2D eigenvalue weighted by Crippen LogP contribution is -2.37. The third kappa shape index (κ3) is 4.28. The van der Waals surface area contributed by atoms with Crippen molar-refractivity contribution in [2.24, 2.45) is 0 Å². The van der Waals surface area contributed by atoms with Gasteiger partial charge in [-0.1, -0.05) is 12.1 Å². The van der Waals surface area contributed by atoms with Gasteiger partial charge in [0.15, 0.2) is 0 Å². The van der Waals surface area contributed by atoms with E-state index >= 15 is 0 Å². The van der Waals surface area contributed by atoms with Crippen LogP contribution in [-0.2, 0) is 17.3 Å². The monoisotopic (exact) mass is 365 g/mol. The van der Waals surface area contributed by atoms with Gasteiger partial charge in [0.1, 0.15) is 0 Å². The van der Waals surface area contributed by atoms with Crippen LogP contribution < -0.4 is 11.5 Å². The Morgan fingerprint density at radius 2 is 1.65 bits per heavy atom. The standard InChI is InChI=1S/C19H22F3N3O/c20-19(21,22)17-12-16(13-1-3-15(23)4-2-13)14(11-18(17)24)5-6-25-7-9-26-10-8-25/h1-4,11-12H,5-10,23-24H2. The second-order valence-corrected chi connectivity index (χ2v) is 6.42. The number of nitrogen functional groups attached to an aromatic ring is 2. The first-order chi connectivity index (χ1) is 12.3. The molecule has 7 heteroatoms. The molecule has 0 amide bonds. The summed E-state index contributed by atoms with van der Waals surface area (Å²) in [5.74, 6) is 0. The number of alkyl halides is 3. The number of ether oxygens (including phenoxy) is 1. The third-order valence-electron chi connectivity index (χ3n) is 4.60. The number of nitrogens with two attached hydrogens (primary N) is 2. The fraction of sp³-hybridized carbons (Fsp3) is 0.368. The minimum absolute atomic E-state index is 0.242. The van der Waals surface area contributed by atoms with E-state index in [1.54, 1.807) is 24.3 Å². The lowest BCUT2D eigenvalue weighted by Gasteiger charge is -2.27. The van der Waals surface area contributed by atoms with Crippen LogP contribution in [-0.4, -0.2) is 37.7 Å². The summed E-state index contributed by atoms with van der Waals surface area (Å²) in [5, 5.41) is 0. The van der Waals surface area contributed by atoms with Crippen molar-refractivity contribution < 1.29 is 17.9 Å². The lowest BCUT2D eigenvalue weighted by atomic mass is 9.93. The van der Waals surface area contributed by atoms with Crippen LogP contribution in [0, 0.1) is 0 Å². The van der Waals surface area contributed by atoms with Crippen LogP contribution in [0.4, 0.5) is 24.5 Å². The van der Waals surface area contributed by atoms with Gasteiger partial charge in [-0.05, 0) is 47.4 Å². The molecule has 0 unspecified atom stereocenters. The number of rotatable bonds is 4. The van der Waals surface area contributed by atoms with Crippen molar-refractivity contribution in [2.45, 2.75) is 12.6 Å². The fourth-order valence-corrected chi connectivity index (χ4v) is 3.15. The number of halogens is 3. The Morgan fingerprint density at radius 1 is 1.00 bits per heavy atom.